The lowest BCUT2D eigenvalue weighted by Gasteiger charge is -2.04. The second-order valence-electron chi connectivity index (χ2n) is 3.85. The zero-order chi connectivity index (χ0) is 12.4. The van der Waals surface area contributed by atoms with Crippen molar-refractivity contribution < 1.29 is 0 Å². The lowest BCUT2D eigenvalue weighted by atomic mass is 10.4. The van der Waals surface area contributed by atoms with Gasteiger partial charge >= 0.3 is 0 Å². The van der Waals surface area contributed by atoms with Crippen LogP contribution in [0.3, 0.4) is 0 Å². The van der Waals surface area contributed by atoms with E-state index in [1.165, 1.54) is 0 Å². The van der Waals surface area contributed by atoms with Crippen LogP contribution >= 0.6 is 22.9 Å². The largest absolute Gasteiger partial charge is 0.309 e. The standard InChI is InChI=1S/C11H12ClN5S/c12-10-9(17-6-7-18-11(17)15-10)8-13-3-5-16-4-1-2-14-16/h1-2,4,6-7,13H,3,5,8H2. The van der Waals surface area contributed by atoms with E-state index >= 15 is 0 Å². The maximum atomic E-state index is 6.10. The molecular weight excluding hydrogens is 270 g/mol. The molecule has 0 aromatic carbocycles. The van der Waals surface area contributed by atoms with Crippen LogP contribution in [-0.4, -0.2) is 25.7 Å². The molecule has 0 atom stereocenters. The summed E-state index contributed by atoms with van der Waals surface area (Å²) >= 11 is 7.69. The topological polar surface area (TPSA) is 47.1 Å². The molecule has 0 saturated heterocycles. The van der Waals surface area contributed by atoms with Crippen LogP contribution in [0.5, 0.6) is 0 Å². The Morgan fingerprint density at radius 2 is 2.33 bits per heavy atom. The monoisotopic (exact) mass is 281 g/mol. The number of hydrogen-bond donors (Lipinski definition) is 1. The van der Waals surface area contributed by atoms with Crippen molar-refractivity contribution in [3.05, 3.63) is 40.9 Å². The highest BCUT2D eigenvalue weighted by molar-refractivity contribution is 7.15. The molecule has 18 heavy (non-hydrogen) atoms. The van der Waals surface area contributed by atoms with Gasteiger partial charge in [0.1, 0.15) is 0 Å². The smallest absolute Gasteiger partial charge is 0.195 e. The highest BCUT2D eigenvalue weighted by atomic mass is 35.5. The van der Waals surface area contributed by atoms with E-state index in [2.05, 4.69) is 15.4 Å². The zero-order valence-corrected chi connectivity index (χ0v) is 11.2. The molecule has 0 spiro atoms. The first-order valence-electron chi connectivity index (χ1n) is 5.62. The zero-order valence-electron chi connectivity index (χ0n) is 9.58. The van der Waals surface area contributed by atoms with Gasteiger partial charge in [0.15, 0.2) is 10.1 Å². The summed E-state index contributed by atoms with van der Waals surface area (Å²) in [5, 5.41) is 10.1. The van der Waals surface area contributed by atoms with Gasteiger partial charge in [-0.05, 0) is 6.07 Å². The predicted molar refractivity (Wildman–Crippen MR) is 72.0 cm³/mol. The van der Waals surface area contributed by atoms with Gasteiger partial charge in [-0.25, -0.2) is 4.98 Å². The van der Waals surface area contributed by atoms with E-state index < -0.39 is 0 Å². The molecule has 3 aromatic heterocycles. The third kappa shape index (κ3) is 2.27. The van der Waals surface area contributed by atoms with Crippen LogP contribution in [-0.2, 0) is 13.1 Å². The minimum absolute atomic E-state index is 0.577. The van der Waals surface area contributed by atoms with Crippen LogP contribution in [0.2, 0.25) is 5.15 Å². The molecule has 0 unspecified atom stereocenters. The van der Waals surface area contributed by atoms with Crippen LogP contribution in [0, 0.1) is 0 Å². The van der Waals surface area contributed by atoms with Crippen LogP contribution in [0.25, 0.3) is 4.96 Å². The van der Waals surface area contributed by atoms with E-state index in [1.54, 1.807) is 17.5 Å². The average molecular weight is 282 g/mol. The first-order chi connectivity index (χ1) is 8.84. The van der Waals surface area contributed by atoms with Crippen molar-refractivity contribution in [3.8, 4) is 0 Å². The summed E-state index contributed by atoms with van der Waals surface area (Å²) in [7, 11) is 0. The number of fused-ring (bicyclic) bond motifs is 1. The van der Waals surface area contributed by atoms with E-state index in [0.29, 0.717) is 11.7 Å². The Morgan fingerprint density at radius 3 is 3.17 bits per heavy atom. The van der Waals surface area contributed by atoms with Gasteiger partial charge in [0.05, 0.1) is 12.2 Å². The molecule has 3 aromatic rings. The highest BCUT2D eigenvalue weighted by Gasteiger charge is 2.10. The van der Waals surface area contributed by atoms with E-state index in [-0.39, 0.29) is 0 Å². The predicted octanol–water partition coefficient (Wildman–Crippen LogP) is 2.04. The minimum Gasteiger partial charge on any atom is -0.309 e. The average Bonchev–Trinajstić information content (AvgIpc) is 3.03. The summed E-state index contributed by atoms with van der Waals surface area (Å²) in [6.07, 6.45) is 5.72. The van der Waals surface area contributed by atoms with Crippen molar-refractivity contribution in [1.82, 2.24) is 24.5 Å². The van der Waals surface area contributed by atoms with Gasteiger partial charge in [-0.2, -0.15) is 5.10 Å². The molecular formula is C11H12ClN5S. The molecule has 3 rings (SSSR count). The molecule has 0 fully saturated rings. The fourth-order valence-electron chi connectivity index (χ4n) is 1.80. The van der Waals surface area contributed by atoms with E-state index in [9.17, 15) is 0 Å². The van der Waals surface area contributed by atoms with Crippen molar-refractivity contribution in [2.45, 2.75) is 13.1 Å². The summed E-state index contributed by atoms with van der Waals surface area (Å²) in [5.41, 5.74) is 1.01. The molecule has 94 valence electrons. The fourth-order valence-corrected chi connectivity index (χ4v) is 2.82. The quantitative estimate of drug-likeness (QED) is 0.728. The van der Waals surface area contributed by atoms with Gasteiger partial charge in [0, 0.05) is 37.1 Å². The Bertz CT molecular complexity index is 627. The number of halogens is 1. The Morgan fingerprint density at radius 1 is 1.39 bits per heavy atom. The highest BCUT2D eigenvalue weighted by Crippen LogP contribution is 2.20. The summed E-state index contributed by atoms with van der Waals surface area (Å²) in [4.78, 5) is 5.23. The summed E-state index contributed by atoms with van der Waals surface area (Å²) in [6, 6.07) is 1.92. The number of imidazole rings is 1. The maximum Gasteiger partial charge on any atom is 0.195 e. The molecule has 0 aliphatic heterocycles. The van der Waals surface area contributed by atoms with Gasteiger partial charge in [-0.3, -0.25) is 9.08 Å². The summed E-state index contributed by atoms with van der Waals surface area (Å²) in [6.45, 7) is 2.39. The van der Waals surface area contributed by atoms with Crippen LogP contribution in [0.15, 0.2) is 30.0 Å². The molecule has 7 heteroatoms. The van der Waals surface area contributed by atoms with Gasteiger partial charge in [-0.1, -0.05) is 11.6 Å². The van der Waals surface area contributed by atoms with Gasteiger partial charge < -0.3 is 5.32 Å². The number of nitrogens with zero attached hydrogens (tertiary/aromatic N) is 4. The van der Waals surface area contributed by atoms with Gasteiger partial charge in [-0.15, -0.1) is 11.3 Å². The lowest BCUT2D eigenvalue weighted by molar-refractivity contribution is 0.551. The van der Waals surface area contributed by atoms with Crippen molar-refractivity contribution in [2.75, 3.05) is 6.54 Å². The van der Waals surface area contributed by atoms with Crippen LogP contribution in [0.4, 0.5) is 0 Å². The summed E-state index contributed by atoms with van der Waals surface area (Å²) < 4.78 is 3.92. The van der Waals surface area contributed by atoms with Crippen molar-refractivity contribution in [2.24, 2.45) is 0 Å². The third-order valence-corrected chi connectivity index (χ3v) is 3.74. The second kappa shape index (κ2) is 5.09. The number of nitrogens with one attached hydrogen (secondary N) is 1. The molecule has 5 nitrogen and oxygen atoms in total. The Balaban J connectivity index is 1.59. The van der Waals surface area contributed by atoms with E-state index in [0.717, 1.165) is 23.7 Å². The maximum absolute atomic E-state index is 6.10. The van der Waals surface area contributed by atoms with Crippen molar-refractivity contribution in [3.63, 3.8) is 0 Å². The van der Waals surface area contributed by atoms with E-state index in [4.69, 9.17) is 11.6 Å². The molecule has 0 aliphatic carbocycles. The molecule has 1 N–H and O–H groups in total. The Hall–Kier alpha value is -1.37. The lowest BCUT2D eigenvalue weighted by Crippen LogP contribution is -2.20. The minimum atomic E-state index is 0.577. The van der Waals surface area contributed by atoms with Crippen molar-refractivity contribution in [1.29, 1.82) is 0 Å². The molecule has 0 saturated carbocycles. The SMILES string of the molecule is Clc1nc2sccn2c1CNCCn1cccn1. The first kappa shape index (κ1) is 11.7. The molecule has 0 aliphatic rings. The number of hydrogen-bond acceptors (Lipinski definition) is 4. The number of thiazole rings is 1. The van der Waals surface area contributed by atoms with Crippen LogP contribution < -0.4 is 5.32 Å². The van der Waals surface area contributed by atoms with Gasteiger partial charge in [0.25, 0.3) is 0 Å². The fraction of sp³-hybridized carbons (Fsp3) is 0.273. The molecule has 0 bridgehead atoms. The molecule has 3 heterocycles. The number of rotatable bonds is 5. The van der Waals surface area contributed by atoms with Gasteiger partial charge in [0.2, 0.25) is 0 Å². The van der Waals surface area contributed by atoms with Crippen molar-refractivity contribution >= 4 is 27.9 Å². The normalized spacial score (nSPS) is 11.4. The number of aromatic nitrogens is 4. The third-order valence-electron chi connectivity index (χ3n) is 2.68. The summed E-state index contributed by atoms with van der Waals surface area (Å²) in [5.74, 6) is 0. The Labute approximate surface area is 113 Å². The van der Waals surface area contributed by atoms with Crippen LogP contribution in [0.1, 0.15) is 5.69 Å². The first-order valence-corrected chi connectivity index (χ1v) is 6.88. The van der Waals surface area contributed by atoms with E-state index in [1.807, 2.05) is 32.9 Å². The molecule has 0 amide bonds. The second-order valence-corrected chi connectivity index (χ2v) is 5.08. The Kier molecular flexibility index (Phi) is 3.31. The molecule has 0 radical (unpaired) electrons.